The van der Waals surface area contributed by atoms with Gasteiger partial charge in [-0.1, -0.05) is 53.5 Å². The highest BCUT2D eigenvalue weighted by Crippen LogP contribution is 2.41. The second kappa shape index (κ2) is 5.73. The Kier molecular flexibility index (Phi) is 3.95. The van der Waals surface area contributed by atoms with Crippen molar-refractivity contribution in [2.45, 2.75) is 12.1 Å². The number of benzene rings is 1. The van der Waals surface area contributed by atoms with E-state index in [9.17, 15) is 5.11 Å². The fourth-order valence-electron chi connectivity index (χ4n) is 2.07. The summed E-state index contributed by atoms with van der Waals surface area (Å²) in [7, 11) is 0. The van der Waals surface area contributed by atoms with Crippen LogP contribution in [0.2, 0.25) is 10.2 Å². The first-order valence-corrected chi connectivity index (χ1v) is 7.55. The summed E-state index contributed by atoms with van der Waals surface area (Å²) >= 11 is 13.2. The van der Waals surface area contributed by atoms with Crippen LogP contribution in [0.4, 0.5) is 0 Å². The Morgan fingerprint density at radius 1 is 1.24 bits per heavy atom. The third-order valence-corrected chi connectivity index (χ3v) is 5.03. The van der Waals surface area contributed by atoms with Crippen molar-refractivity contribution in [3.63, 3.8) is 0 Å². The minimum absolute atomic E-state index is 0.162. The van der Waals surface area contributed by atoms with Crippen molar-refractivity contribution < 1.29 is 5.11 Å². The zero-order chi connectivity index (χ0) is 14.9. The van der Waals surface area contributed by atoms with Gasteiger partial charge < -0.3 is 5.11 Å². The van der Waals surface area contributed by atoms with Gasteiger partial charge in [0.05, 0.1) is 16.4 Å². The predicted octanol–water partition coefficient (Wildman–Crippen LogP) is 2.98. The molecule has 1 atom stereocenters. The summed E-state index contributed by atoms with van der Waals surface area (Å²) in [5.74, 6) is 0. The van der Waals surface area contributed by atoms with E-state index in [1.807, 2.05) is 30.3 Å². The van der Waals surface area contributed by atoms with Gasteiger partial charge in [0, 0.05) is 0 Å². The number of hydrogen-bond acceptors (Lipinski definition) is 5. The maximum atomic E-state index is 11.3. The van der Waals surface area contributed by atoms with Crippen LogP contribution in [0.25, 0.3) is 0 Å². The van der Waals surface area contributed by atoms with E-state index in [2.05, 4.69) is 14.5 Å². The van der Waals surface area contributed by atoms with E-state index in [-0.39, 0.29) is 16.7 Å². The van der Waals surface area contributed by atoms with Crippen LogP contribution < -0.4 is 0 Å². The minimum atomic E-state index is -1.38. The fourth-order valence-corrected chi connectivity index (χ4v) is 3.45. The third-order valence-electron chi connectivity index (χ3n) is 3.08. The van der Waals surface area contributed by atoms with Gasteiger partial charge in [0.1, 0.15) is 18.3 Å². The third kappa shape index (κ3) is 2.67. The van der Waals surface area contributed by atoms with E-state index in [4.69, 9.17) is 23.2 Å². The highest BCUT2D eigenvalue weighted by molar-refractivity contribution is 7.07. The van der Waals surface area contributed by atoms with Gasteiger partial charge >= 0.3 is 0 Å². The van der Waals surface area contributed by atoms with Gasteiger partial charge in [-0.05, 0) is 17.1 Å². The average molecular weight is 341 g/mol. The van der Waals surface area contributed by atoms with Crippen LogP contribution in [0.3, 0.4) is 0 Å². The highest BCUT2D eigenvalue weighted by atomic mass is 35.5. The molecule has 8 heteroatoms. The molecule has 3 aromatic rings. The largest absolute Gasteiger partial charge is 0.377 e. The number of rotatable bonds is 4. The lowest BCUT2D eigenvalue weighted by Crippen LogP contribution is -2.32. The summed E-state index contributed by atoms with van der Waals surface area (Å²) in [6.45, 7) is 0.162. The summed E-state index contributed by atoms with van der Waals surface area (Å²) < 4.78 is 5.55. The van der Waals surface area contributed by atoms with Crippen LogP contribution in [0.5, 0.6) is 0 Å². The maximum absolute atomic E-state index is 11.3. The molecule has 0 fully saturated rings. The lowest BCUT2D eigenvalue weighted by Gasteiger charge is -2.27. The fraction of sp³-hybridized carbons (Fsp3) is 0.154. The van der Waals surface area contributed by atoms with Crippen molar-refractivity contribution in [1.82, 2.24) is 19.1 Å². The van der Waals surface area contributed by atoms with Crippen LogP contribution >= 0.6 is 34.7 Å². The van der Waals surface area contributed by atoms with Crippen LogP contribution in [-0.2, 0) is 12.1 Å². The minimum Gasteiger partial charge on any atom is -0.377 e. The highest BCUT2D eigenvalue weighted by Gasteiger charge is 2.37. The first kappa shape index (κ1) is 14.5. The van der Waals surface area contributed by atoms with E-state index in [0.29, 0.717) is 10.4 Å². The predicted molar refractivity (Wildman–Crippen MR) is 81.6 cm³/mol. The summed E-state index contributed by atoms with van der Waals surface area (Å²) in [6.07, 6.45) is 2.94. The van der Waals surface area contributed by atoms with Gasteiger partial charge in [-0.3, -0.25) is 0 Å². The number of aliphatic hydroxyl groups is 1. The Hall–Kier alpha value is -1.47. The summed E-state index contributed by atoms with van der Waals surface area (Å²) in [4.78, 5) is 4.37. The van der Waals surface area contributed by atoms with Gasteiger partial charge in [0.2, 0.25) is 0 Å². The summed E-state index contributed by atoms with van der Waals surface area (Å²) in [6, 6.07) is 9.21. The molecule has 0 aliphatic carbocycles. The molecule has 0 aliphatic rings. The molecule has 2 heterocycles. The molecule has 0 aliphatic heterocycles. The Bertz CT molecular complexity index is 732. The maximum Gasteiger partial charge on any atom is 0.161 e. The Labute approximate surface area is 135 Å². The lowest BCUT2D eigenvalue weighted by atomic mass is 9.92. The quantitative estimate of drug-likeness (QED) is 0.792. The van der Waals surface area contributed by atoms with E-state index in [1.54, 1.807) is 0 Å². The van der Waals surface area contributed by atoms with Crippen LogP contribution in [0.15, 0.2) is 43.0 Å². The normalized spacial score (nSPS) is 14.0. The van der Waals surface area contributed by atoms with Crippen molar-refractivity contribution in [3.8, 4) is 0 Å². The second-order valence-electron chi connectivity index (χ2n) is 4.44. The Morgan fingerprint density at radius 2 is 2.00 bits per heavy atom. The Balaban J connectivity index is 2.13. The van der Waals surface area contributed by atoms with E-state index >= 15 is 0 Å². The van der Waals surface area contributed by atoms with Crippen LogP contribution in [-0.4, -0.2) is 24.2 Å². The molecule has 2 aromatic heterocycles. The van der Waals surface area contributed by atoms with E-state index in [1.165, 1.54) is 17.3 Å². The first-order chi connectivity index (χ1) is 10.1. The zero-order valence-electron chi connectivity index (χ0n) is 10.6. The molecule has 108 valence electrons. The molecule has 0 bridgehead atoms. The lowest BCUT2D eigenvalue weighted by molar-refractivity contribution is 0.0610. The molecule has 1 unspecified atom stereocenters. The van der Waals surface area contributed by atoms with Gasteiger partial charge in [-0.2, -0.15) is 9.47 Å². The van der Waals surface area contributed by atoms with Crippen molar-refractivity contribution in [2.24, 2.45) is 0 Å². The molecule has 0 saturated heterocycles. The smallest absolute Gasteiger partial charge is 0.161 e. The van der Waals surface area contributed by atoms with Gasteiger partial charge in [-0.25, -0.2) is 9.67 Å². The molecular weight excluding hydrogens is 331 g/mol. The zero-order valence-corrected chi connectivity index (χ0v) is 13.0. The number of hydrogen-bond donors (Lipinski definition) is 1. The number of aromatic nitrogens is 4. The molecule has 0 radical (unpaired) electrons. The van der Waals surface area contributed by atoms with Crippen LogP contribution in [0.1, 0.15) is 10.4 Å². The topological polar surface area (TPSA) is 63.8 Å². The first-order valence-electron chi connectivity index (χ1n) is 6.03. The van der Waals surface area contributed by atoms with E-state index < -0.39 is 5.60 Å². The van der Waals surface area contributed by atoms with Crippen molar-refractivity contribution >= 4 is 34.7 Å². The summed E-state index contributed by atoms with van der Waals surface area (Å²) in [5.41, 5.74) is -0.695. The summed E-state index contributed by atoms with van der Waals surface area (Å²) in [5, 5.41) is 15.7. The molecule has 0 amide bonds. The van der Waals surface area contributed by atoms with Crippen molar-refractivity contribution in [2.75, 3.05) is 0 Å². The molecule has 1 aromatic carbocycles. The molecule has 0 saturated carbocycles. The molecule has 21 heavy (non-hydrogen) atoms. The van der Waals surface area contributed by atoms with E-state index in [0.717, 1.165) is 11.5 Å². The SMILES string of the molecule is OC(Cn1cncn1)(c1ccccc1)c1snc(Cl)c1Cl. The van der Waals surface area contributed by atoms with Gasteiger partial charge in [0.15, 0.2) is 5.15 Å². The molecule has 3 rings (SSSR count). The molecule has 1 N–H and O–H groups in total. The molecule has 5 nitrogen and oxygen atoms in total. The van der Waals surface area contributed by atoms with Crippen molar-refractivity contribution in [1.29, 1.82) is 0 Å². The average Bonchev–Trinajstić information content (AvgIpc) is 3.11. The Morgan fingerprint density at radius 3 is 2.57 bits per heavy atom. The molecule has 0 spiro atoms. The number of nitrogens with zero attached hydrogens (tertiary/aromatic N) is 4. The monoisotopic (exact) mass is 340 g/mol. The molecular formula is C13H10Cl2N4OS. The number of halogens is 2. The second-order valence-corrected chi connectivity index (χ2v) is 5.95. The van der Waals surface area contributed by atoms with Gasteiger partial charge in [-0.15, -0.1) is 0 Å². The van der Waals surface area contributed by atoms with Crippen LogP contribution in [0, 0.1) is 0 Å². The van der Waals surface area contributed by atoms with Gasteiger partial charge in [0.25, 0.3) is 0 Å². The van der Waals surface area contributed by atoms with Crippen molar-refractivity contribution in [3.05, 3.63) is 63.6 Å². The standard InChI is InChI=1S/C13H10Cl2N4OS/c14-10-11(21-18-12(10)15)13(20,6-19-8-16-7-17-19)9-4-2-1-3-5-9/h1-5,7-8,20H,6H2.